The topological polar surface area (TPSA) is 62.3 Å². The standard InChI is InChI=1S/C16H20BrN5O/c17-13-2-1-3-14(12-13)20-16-19-5-4-15(21-16)18-6-7-22-8-10-23-11-9-22/h1-5,12H,6-11H2,(H2,18,19,20,21). The maximum Gasteiger partial charge on any atom is 0.229 e. The molecule has 0 amide bonds. The minimum atomic E-state index is 0.583. The molecule has 1 saturated heterocycles. The van der Waals surface area contributed by atoms with E-state index in [0.29, 0.717) is 5.95 Å². The van der Waals surface area contributed by atoms with E-state index in [1.807, 2.05) is 30.3 Å². The zero-order chi connectivity index (χ0) is 15.9. The molecule has 2 heterocycles. The number of morpholine rings is 1. The minimum Gasteiger partial charge on any atom is -0.379 e. The maximum absolute atomic E-state index is 5.35. The van der Waals surface area contributed by atoms with Gasteiger partial charge in [-0.15, -0.1) is 0 Å². The summed E-state index contributed by atoms with van der Waals surface area (Å²) in [6.45, 7) is 5.50. The molecule has 1 fully saturated rings. The summed E-state index contributed by atoms with van der Waals surface area (Å²) in [5.41, 5.74) is 0.949. The van der Waals surface area contributed by atoms with Gasteiger partial charge >= 0.3 is 0 Å². The third-order valence-corrected chi connectivity index (χ3v) is 4.07. The smallest absolute Gasteiger partial charge is 0.229 e. The summed E-state index contributed by atoms with van der Waals surface area (Å²) in [7, 11) is 0. The summed E-state index contributed by atoms with van der Waals surface area (Å²) < 4.78 is 6.37. The van der Waals surface area contributed by atoms with Crippen molar-refractivity contribution in [1.82, 2.24) is 14.9 Å². The molecule has 0 unspecified atom stereocenters. The zero-order valence-corrected chi connectivity index (χ0v) is 14.4. The van der Waals surface area contributed by atoms with Gasteiger partial charge in [0, 0.05) is 42.5 Å². The quantitative estimate of drug-likeness (QED) is 0.806. The summed E-state index contributed by atoms with van der Waals surface area (Å²) >= 11 is 3.46. The lowest BCUT2D eigenvalue weighted by Crippen LogP contribution is -2.39. The Labute approximate surface area is 144 Å². The number of rotatable bonds is 6. The molecule has 23 heavy (non-hydrogen) atoms. The lowest BCUT2D eigenvalue weighted by molar-refractivity contribution is 0.0398. The first-order valence-corrected chi connectivity index (χ1v) is 8.48. The second kappa shape index (κ2) is 8.24. The predicted octanol–water partition coefficient (Wildman–Crippen LogP) is 2.73. The van der Waals surface area contributed by atoms with Crippen LogP contribution in [0.15, 0.2) is 41.0 Å². The summed E-state index contributed by atoms with van der Waals surface area (Å²) in [4.78, 5) is 11.1. The molecule has 0 saturated carbocycles. The van der Waals surface area contributed by atoms with E-state index in [1.54, 1.807) is 6.20 Å². The zero-order valence-electron chi connectivity index (χ0n) is 12.8. The first kappa shape index (κ1) is 16.2. The van der Waals surface area contributed by atoms with E-state index in [2.05, 4.69) is 41.4 Å². The number of hydrogen-bond acceptors (Lipinski definition) is 6. The fourth-order valence-electron chi connectivity index (χ4n) is 2.38. The lowest BCUT2D eigenvalue weighted by atomic mass is 10.3. The van der Waals surface area contributed by atoms with Crippen molar-refractivity contribution in [1.29, 1.82) is 0 Å². The predicted molar refractivity (Wildman–Crippen MR) is 95.2 cm³/mol. The van der Waals surface area contributed by atoms with Crippen LogP contribution in [0.2, 0.25) is 0 Å². The van der Waals surface area contributed by atoms with Crippen molar-refractivity contribution in [3.8, 4) is 0 Å². The van der Waals surface area contributed by atoms with Crippen LogP contribution in [0, 0.1) is 0 Å². The average molecular weight is 378 g/mol. The molecule has 7 heteroatoms. The number of ether oxygens (including phenoxy) is 1. The first-order chi connectivity index (χ1) is 11.3. The third kappa shape index (κ3) is 5.16. The van der Waals surface area contributed by atoms with E-state index in [0.717, 1.165) is 55.4 Å². The molecule has 0 bridgehead atoms. The second-order valence-electron chi connectivity index (χ2n) is 5.28. The molecule has 2 aromatic rings. The van der Waals surface area contributed by atoms with Crippen LogP contribution in [-0.2, 0) is 4.74 Å². The van der Waals surface area contributed by atoms with Crippen molar-refractivity contribution in [2.24, 2.45) is 0 Å². The second-order valence-corrected chi connectivity index (χ2v) is 6.20. The van der Waals surface area contributed by atoms with Crippen LogP contribution < -0.4 is 10.6 Å². The molecule has 122 valence electrons. The fourth-order valence-corrected chi connectivity index (χ4v) is 2.78. The van der Waals surface area contributed by atoms with E-state index in [-0.39, 0.29) is 0 Å². The van der Waals surface area contributed by atoms with Gasteiger partial charge in [-0.1, -0.05) is 22.0 Å². The Morgan fingerprint density at radius 1 is 1.22 bits per heavy atom. The summed E-state index contributed by atoms with van der Waals surface area (Å²) in [5, 5.41) is 6.55. The molecule has 0 aliphatic carbocycles. The van der Waals surface area contributed by atoms with Crippen LogP contribution in [0.5, 0.6) is 0 Å². The van der Waals surface area contributed by atoms with Gasteiger partial charge in [-0.2, -0.15) is 4.98 Å². The van der Waals surface area contributed by atoms with E-state index < -0.39 is 0 Å². The fraction of sp³-hybridized carbons (Fsp3) is 0.375. The number of aromatic nitrogens is 2. The van der Waals surface area contributed by atoms with Gasteiger partial charge in [-0.25, -0.2) is 4.98 Å². The lowest BCUT2D eigenvalue weighted by Gasteiger charge is -2.26. The molecule has 1 aliphatic heterocycles. The van der Waals surface area contributed by atoms with Gasteiger partial charge in [-0.05, 0) is 24.3 Å². The molecule has 6 nitrogen and oxygen atoms in total. The normalized spacial score (nSPS) is 15.3. The number of benzene rings is 1. The third-order valence-electron chi connectivity index (χ3n) is 3.57. The van der Waals surface area contributed by atoms with Crippen LogP contribution in [-0.4, -0.2) is 54.3 Å². The Balaban J connectivity index is 1.52. The Bertz CT molecular complexity index is 633. The molecular weight excluding hydrogens is 358 g/mol. The Morgan fingerprint density at radius 2 is 2.09 bits per heavy atom. The first-order valence-electron chi connectivity index (χ1n) is 7.69. The van der Waals surface area contributed by atoms with Crippen LogP contribution in [0.4, 0.5) is 17.5 Å². The van der Waals surface area contributed by atoms with E-state index in [4.69, 9.17) is 4.74 Å². The van der Waals surface area contributed by atoms with Crippen LogP contribution in [0.25, 0.3) is 0 Å². The molecule has 0 spiro atoms. The summed E-state index contributed by atoms with van der Waals surface area (Å²) in [6, 6.07) is 9.80. The highest BCUT2D eigenvalue weighted by molar-refractivity contribution is 9.10. The molecule has 1 aliphatic rings. The van der Waals surface area contributed by atoms with E-state index in [1.165, 1.54) is 0 Å². The highest BCUT2D eigenvalue weighted by Crippen LogP contribution is 2.18. The van der Waals surface area contributed by atoms with Crippen LogP contribution in [0.3, 0.4) is 0 Å². The van der Waals surface area contributed by atoms with Gasteiger partial charge in [-0.3, -0.25) is 4.90 Å². The van der Waals surface area contributed by atoms with Crippen molar-refractivity contribution < 1.29 is 4.74 Å². The number of anilines is 3. The molecule has 2 N–H and O–H groups in total. The van der Waals surface area contributed by atoms with Gasteiger partial charge in [0.2, 0.25) is 5.95 Å². The highest BCUT2D eigenvalue weighted by atomic mass is 79.9. The van der Waals surface area contributed by atoms with Crippen molar-refractivity contribution in [3.63, 3.8) is 0 Å². The van der Waals surface area contributed by atoms with Crippen LogP contribution in [0.1, 0.15) is 0 Å². The van der Waals surface area contributed by atoms with E-state index >= 15 is 0 Å². The molecule has 1 aromatic heterocycles. The highest BCUT2D eigenvalue weighted by Gasteiger charge is 2.09. The van der Waals surface area contributed by atoms with Crippen molar-refractivity contribution >= 4 is 33.4 Å². The Kier molecular flexibility index (Phi) is 5.79. The van der Waals surface area contributed by atoms with Gasteiger partial charge in [0.05, 0.1) is 13.2 Å². The summed E-state index contributed by atoms with van der Waals surface area (Å²) in [6.07, 6.45) is 1.75. The number of hydrogen-bond donors (Lipinski definition) is 2. The largest absolute Gasteiger partial charge is 0.379 e. The van der Waals surface area contributed by atoms with Crippen molar-refractivity contribution in [3.05, 3.63) is 41.0 Å². The molecule has 0 radical (unpaired) electrons. The van der Waals surface area contributed by atoms with Gasteiger partial charge in [0.1, 0.15) is 5.82 Å². The SMILES string of the molecule is Brc1cccc(Nc2nccc(NCCN3CCOCC3)n2)c1. The minimum absolute atomic E-state index is 0.583. The number of nitrogens with one attached hydrogen (secondary N) is 2. The van der Waals surface area contributed by atoms with Gasteiger partial charge in [0.15, 0.2) is 0 Å². The molecular formula is C16H20BrN5O. The maximum atomic E-state index is 5.35. The summed E-state index contributed by atoms with van der Waals surface area (Å²) in [5.74, 6) is 1.41. The van der Waals surface area contributed by atoms with Crippen molar-refractivity contribution in [2.75, 3.05) is 50.0 Å². The molecule has 3 rings (SSSR count). The number of halogens is 1. The Morgan fingerprint density at radius 3 is 2.91 bits per heavy atom. The van der Waals surface area contributed by atoms with Crippen LogP contribution >= 0.6 is 15.9 Å². The van der Waals surface area contributed by atoms with Gasteiger partial charge < -0.3 is 15.4 Å². The average Bonchev–Trinajstić information content (AvgIpc) is 2.56. The van der Waals surface area contributed by atoms with Crippen molar-refractivity contribution in [2.45, 2.75) is 0 Å². The monoisotopic (exact) mass is 377 g/mol. The number of nitrogens with zero attached hydrogens (tertiary/aromatic N) is 3. The van der Waals surface area contributed by atoms with Gasteiger partial charge in [0.25, 0.3) is 0 Å². The van der Waals surface area contributed by atoms with E-state index in [9.17, 15) is 0 Å². The molecule has 1 aromatic carbocycles. The molecule has 0 atom stereocenters. The Hall–Kier alpha value is -1.70.